The molecule has 1 aromatic heterocycles. The molecule has 5 aliphatic rings. The van der Waals surface area contributed by atoms with E-state index in [0.29, 0.717) is 87.4 Å². The number of amides is 4. The van der Waals surface area contributed by atoms with Crippen LogP contribution >= 0.6 is 11.3 Å². The summed E-state index contributed by atoms with van der Waals surface area (Å²) in [6.07, 6.45) is 11.2. The first-order valence-electron chi connectivity index (χ1n) is 30.1. The van der Waals surface area contributed by atoms with Crippen molar-refractivity contribution < 1.29 is 58.3 Å². The van der Waals surface area contributed by atoms with Gasteiger partial charge in [-0.2, -0.15) is 5.26 Å². The fourth-order valence-corrected chi connectivity index (χ4v) is 16.1. The topological polar surface area (TPSA) is 258 Å². The van der Waals surface area contributed by atoms with E-state index in [-0.39, 0.29) is 111 Å². The molecule has 452 valence electrons. The number of carbonyl (C=O) groups is 6. The van der Waals surface area contributed by atoms with E-state index < -0.39 is 29.6 Å². The van der Waals surface area contributed by atoms with Crippen molar-refractivity contribution in [2.45, 2.75) is 176 Å². The number of carboxylic acids is 1. The Labute approximate surface area is 489 Å². The number of benzene rings is 1. The normalized spacial score (nSPS) is 27.0. The highest BCUT2D eigenvalue weighted by molar-refractivity contribution is 7.19. The first-order chi connectivity index (χ1) is 38.9. The van der Waals surface area contributed by atoms with Crippen molar-refractivity contribution in [2.24, 2.45) is 51.8 Å². The van der Waals surface area contributed by atoms with Crippen LogP contribution in [0.15, 0.2) is 40.5 Å². The summed E-state index contributed by atoms with van der Waals surface area (Å²) in [7, 11) is 1.63. The third kappa shape index (κ3) is 15.2. The van der Waals surface area contributed by atoms with Crippen LogP contribution in [0.3, 0.4) is 0 Å². The second kappa shape index (κ2) is 28.1. The molecule has 5 aliphatic carbocycles. The number of carboxylic acid groups (broad SMARTS) is 1. The Morgan fingerprint density at radius 3 is 2.33 bits per heavy atom. The number of allylic oxidation sites excluding steroid dienone is 2. The number of unbranched alkanes of at least 4 members (excludes halogenated alkanes) is 1. The maximum atomic E-state index is 13.7. The zero-order chi connectivity index (χ0) is 59.7. The second-order valence-electron chi connectivity index (χ2n) is 25.7. The van der Waals surface area contributed by atoms with Gasteiger partial charge >= 0.3 is 12.1 Å². The first-order valence-corrected chi connectivity index (χ1v) is 30.9. The predicted octanol–water partition coefficient (Wildman–Crippen LogP) is 9.16. The number of rotatable bonds is 27. The van der Waals surface area contributed by atoms with Gasteiger partial charge in [0.2, 0.25) is 17.7 Å². The minimum atomic E-state index is -1.06. The minimum absolute atomic E-state index is 0.00913. The van der Waals surface area contributed by atoms with E-state index >= 15 is 0 Å². The van der Waals surface area contributed by atoms with Gasteiger partial charge in [-0.3, -0.25) is 19.2 Å². The van der Waals surface area contributed by atoms with Crippen LogP contribution in [0.2, 0.25) is 0 Å². The van der Waals surface area contributed by atoms with Gasteiger partial charge in [-0.05, 0) is 190 Å². The van der Waals surface area contributed by atoms with Crippen molar-refractivity contribution in [3.63, 3.8) is 0 Å². The Morgan fingerprint density at radius 2 is 1.60 bits per heavy atom. The molecule has 0 aliphatic heterocycles. The van der Waals surface area contributed by atoms with Gasteiger partial charge in [0.15, 0.2) is 10.8 Å². The van der Waals surface area contributed by atoms with Crippen LogP contribution in [0, 0.1) is 63.1 Å². The molecule has 2 aromatic rings. The molecule has 4 saturated carbocycles. The number of carbonyl (C=O) groups excluding carboxylic acids is 5. The molecule has 1 aromatic carbocycles. The molecule has 0 bridgehead atoms. The summed E-state index contributed by atoms with van der Waals surface area (Å²) in [4.78, 5) is 85.4. The molecular formula is C63H92N6O12S. The van der Waals surface area contributed by atoms with E-state index in [4.69, 9.17) is 14.2 Å². The third-order valence-corrected chi connectivity index (χ3v) is 21.1. The lowest BCUT2D eigenvalue weighted by atomic mass is 9.44. The summed E-state index contributed by atoms with van der Waals surface area (Å²) in [5, 5.41) is 46.8. The van der Waals surface area contributed by atoms with Crippen molar-refractivity contribution in [3.05, 3.63) is 45.5 Å². The summed E-state index contributed by atoms with van der Waals surface area (Å²) in [6.45, 7) is 17.4. The Hall–Kier alpha value is -5.26. The number of fused-ring (bicyclic) bond motifs is 6. The molecule has 1 heterocycles. The molecule has 0 saturated heterocycles. The number of nitrogens with one attached hydrogen (secondary N) is 2. The second-order valence-corrected chi connectivity index (χ2v) is 26.7. The monoisotopic (exact) mass is 1160 g/mol. The van der Waals surface area contributed by atoms with E-state index in [1.165, 1.54) is 59.7 Å². The van der Waals surface area contributed by atoms with Crippen molar-refractivity contribution in [3.8, 4) is 11.8 Å². The Morgan fingerprint density at radius 1 is 0.878 bits per heavy atom. The van der Waals surface area contributed by atoms with Gasteiger partial charge in [0, 0.05) is 58.6 Å². The largest absolute Gasteiger partial charge is 0.480 e. The van der Waals surface area contributed by atoms with E-state index in [1.54, 1.807) is 46.0 Å². The number of aliphatic carboxylic acids is 1. The lowest BCUT2D eigenvalue weighted by Gasteiger charge is -2.61. The van der Waals surface area contributed by atoms with Gasteiger partial charge in [0.1, 0.15) is 17.9 Å². The summed E-state index contributed by atoms with van der Waals surface area (Å²) in [6, 6.07) is 5.93. The Bertz CT molecular complexity index is 2750. The molecule has 4 fully saturated rings. The fourth-order valence-electron chi connectivity index (χ4n) is 15.3. The van der Waals surface area contributed by atoms with Gasteiger partial charge in [0.05, 0.1) is 48.9 Å². The molecule has 0 radical (unpaired) electrons. The van der Waals surface area contributed by atoms with E-state index in [1.807, 2.05) is 19.9 Å². The maximum absolute atomic E-state index is 13.7. The number of thiazole rings is 1. The van der Waals surface area contributed by atoms with Crippen molar-refractivity contribution in [1.29, 1.82) is 5.26 Å². The third-order valence-electron chi connectivity index (χ3n) is 20.2. The average molecular weight is 1160 g/mol. The molecule has 11 atom stereocenters. The molecule has 0 spiro atoms. The molecular weight excluding hydrogens is 1060 g/mol. The number of ether oxygens (including phenoxy) is 3. The molecule has 82 heavy (non-hydrogen) atoms. The minimum Gasteiger partial charge on any atom is -0.480 e. The van der Waals surface area contributed by atoms with Crippen LogP contribution in [0.5, 0.6) is 5.75 Å². The van der Waals surface area contributed by atoms with Crippen molar-refractivity contribution in [1.82, 2.24) is 25.4 Å². The summed E-state index contributed by atoms with van der Waals surface area (Å²) < 4.78 is 17.9. The van der Waals surface area contributed by atoms with Crippen LogP contribution in [-0.4, -0.2) is 144 Å². The number of hydrogen-bond donors (Lipinski definition) is 5. The van der Waals surface area contributed by atoms with Crippen molar-refractivity contribution in [2.75, 3.05) is 59.7 Å². The van der Waals surface area contributed by atoms with E-state index in [2.05, 4.69) is 36.4 Å². The predicted molar refractivity (Wildman–Crippen MR) is 312 cm³/mol. The number of likely N-dealkylation sites (N-methyl/N-ethyl adjacent to an activating group) is 1. The summed E-state index contributed by atoms with van der Waals surface area (Å²) in [5.74, 6) is 2.14. The highest BCUT2D eigenvalue weighted by Crippen LogP contribution is 2.68. The van der Waals surface area contributed by atoms with Gasteiger partial charge in [-0.25, -0.2) is 14.6 Å². The standard InChI is InChI=1S/C63H92N6O12S/c1-38(46-17-18-47-45-16-14-42-34-43(70)21-24-62(42,7)48(45)22-25-63(46,47)8)13-20-53(72)66-50(59(76)77)12-10-11-26-65-52(71)23-30-79-32-33-80-31-29-69(60(78)81-44-15-19-49-51(35-44)82-54(37-64)67-49)28-27-68(9)55(73)36-61(5,6)56-41(4)57(74)39(2)40(3)58(56)75/h15,19,35,38,42-43,45-48,50,58,70,75H,10-14,16-18,20-34,36H2,1-9H3,(H,65,71)(H,66,72)(H,76,77). The molecule has 5 N–H and O–H groups in total. The van der Waals surface area contributed by atoms with Gasteiger partial charge in [-0.15, -0.1) is 11.3 Å². The average Bonchev–Trinajstić information content (AvgIpc) is 1.80. The highest BCUT2D eigenvalue weighted by atomic mass is 32.1. The molecule has 11 unspecified atom stereocenters. The number of Topliss-reactive ketones (excluding diaryl/α,β-unsaturated/α-hetero) is 1. The number of aromatic nitrogens is 1. The smallest absolute Gasteiger partial charge is 0.415 e. The van der Waals surface area contributed by atoms with Crippen LogP contribution in [0.25, 0.3) is 10.2 Å². The SMILES string of the molecule is CC1=C(C)C(O)C(C(C)(C)CC(=O)N(C)CCN(CCOCCOCCC(=O)NCCCCC(NC(=O)CCC(C)C2CCC3C4CCC5CC(O)CCC5(C)C4CCC23C)C(=O)O)C(=O)Oc2ccc3nc(C#N)sc3c2)=C(C)C1=O. The zero-order valence-corrected chi connectivity index (χ0v) is 50.9. The number of hydrogen-bond acceptors (Lipinski definition) is 14. The van der Waals surface area contributed by atoms with E-state index in [0.717, 1.165) is 37.5 Å². The number of nitriles is 1. The molecule has 18 nitrogen and oxygen atoms in total. The Balaban J connectivity index is 0.772. The lowest BCUT2D eigenvalue weighted by molar-refractivity contribution is -0.142. The van der Waals surface area contributed by atoms with E-state index in [9.17, 15) is 49.3 Å². The van der Waals surface area contributed by atoms with Crippen LogP contribution in [0.1, 0.15) is 163 Å². The molecule has 19 heteroatoms. The summed E-state index contributed by atoms with van der Waals surface area (Å²) in [5.41, 5.74) is 2.40. The maximum Gasteiger partial charge on any atom is 0.415 e. The molecule has 4 amide bonds. The lowest BCUT2D eigenvalue weighted by Crippen LogP contribution is -2.54. The number of aliphatic hydroxyl groups is 2. The van der Waals surface area contributed by atoms with Crippen LogP contribution in [-0.2, 0) is 33.4 Å². The van der Waals surface area contributed by atoms with Gasteiger partial charge in [-0.1, -0.05) is 34.6 Å². The first kappa shape index (κ1) is 64.3. The number of nitrogens with zero attached hydrogens (tertiary/aromatic N) is 4. The Kier molecular flexibility index (Phi) is 22.0. The molecule has 7 rings (SSSR count). The fraction of sp³-hybridized carbons (Fsp3) is 0.714. The number of ketones is 1. The number of aliphatic hydroxyl groups excluding tert-OH is 2. The van der Waals surface area contributed by atoms with Gasteiger partial charge < -0.3 is 50.0 Å². The highest BCUT2D eigenvalue weighted by Gasteiger charge is 2.60. The van der Waals surface area contributed by atoms with Crippen LogP contribution < -0.4 is 15.4 Å². The van der Waals surface area contributed by atoms with Crippen molar-refractivity contribution >= 4 is 57.1 Å². The van der Waals surface area contributed by atoms with Crippen LogP contribution in [0.4, 0.5) is 4.79 Å². The quantitative estimate of drug-likeness (QED) is 0.0523. The van der Waals surface area contributed by atoms with Gasteiger partial charge in [0.25, 0.3) is 0 Å². The summed E-state index contributed by atoms with van der Waals surface area (Å²) >= 11 is 1.18. The zero-order valence-electron chi connectivity index (χ0n) is 50.1.